The number of rotatable bonds is 1. The van der Waals surface area contributed by atoms with Gasteiger partial charge in [0.05, 0.1) is 0 Å². The highest BCUT2D eigenvalue weighted by atomic mass is 19.3. The SMILES string of the molecule is F[C]1CC1(F)C1(F)C(F)C1(F)F. The van der Waals surface area contributed by atoms with Crippen LogP contribution in [0.25, 0.3) is 0 Å². The van der Waals surface area contributed by atoms with Crippen LogP contribution in [0.4, 0.5) is 26.3 Å². The molecule has 0 aromatic heterocycles. The van der Waals surface area contributed by atoms with E-state index in [0.717, 1.165) is 0 Å². The Morgan fingerprint density at radius 2 is 1.50 bits per heavy atom. The van der Waals surface area contributed by atoms with Gasteiger partial charge >= 0.3 is 5.92 Å². The van der Waals surface area contributed by atoms with Crippen LogP contribution in [0.3, 0.4) is 0 Å². The molecule has 2 aliphatic rings. The summed E-state index contributed by atoms with van der Waals surface area (Å²) in [6.07, 6.45) is -5.81. The zero-order chi connectivity index (χ0) is 9.36. The normalized spacial score (nSPS) is 57.0. The predicted octanol–water partition coefficient (Wildman–Crippen LogP) is 2.30. The molecule has 0 aromatic carbocycles. The van der Waals surface area contributed by atoms with Crippen molar-refractivity contribution in [2.75, 3.05) is 0 Å². The lowest BCUT2D eigenvalue weighted by Gasteiger charge is -2.07. The van der Waals surface area contributed by atoms with Crippen LogP contribution >= 0.6 is 0 Å². The van der Waals surface area contributed by atoms with Crippen molar-refractivity contribution in [3.8, 4) is 0 Å². The molecule has 0 N–H and O–H groups in total. The molecular weight excluding hydrogens is 186 g/mol. The molecule has 6 heteroatoms. The van der Waals surface area contributed by atoms with Crippen LogP contribution < -0.4 is 0 Å². The lowest BCUT2D eigenvalue weighted by atomic mass is 10.2. The minimum Gasteiger partial charge on any atom is -0.237 e. The molecule has 0 heterocycles. The Hall–Kier alpha value is -0.420. The van der Waals surface area contributed by atoms with E-state index < -0.39 is 36.0 Å². The lowest BCUT2D eigenvalue weighted by molar-refractivity contribution is -0.00863. The Bertz CT molecular complexity index is 240. The van der Waals surface area contributed by atoms with E-state index in [1.54, 1.807) is 0 Å². The number of hydrogen-bond donors (Lipinski definition) is 0. The monoisotopic (exact) mass is 189 g/mol. The third kappa shape index (κ3) is 0.527. The second kappa shape index (κ2) is 1.61. The smallest absolute Gasteiger partial charge is 0.237 e. The molecule has 2 aliphatic carbocycles. The first-order chi connectivity index (χ1) is 5.28. The van der Waals surface area contributed by atoms with E-state index >= 15 is 0 Å². The summed E-state index contributed by atoms with van der Waals surface area (Å²) in [6.45, 7) is 0. The van der Waals surface area contributed by atoms with E-state index in [0.29, 0.717) is 0 Å². The van der Waals surface area contributed by atoms with Gasteiger partial charge in [0.2, 0.25) is 6.17 Å². The molecular formula is C6H3F6. The summed E-state index contributed by atoms with van der Waals surface area (Å²) in [4.78, 5) is 0. The average molecular weight is 189 g/mol. The van der Waals surface area contributed by atoms with Gasteiger partial charge in [0.1, 0.15) is 0 Å². The molecule has 0 saturated heterocycles. The van der Waals surface area contributed by atoms with Gasteiger partial charge in [-0.1, -0.05) is 0 Å². The van der Waals surface area contributed by atoms with Crippen molar-refractivity contribution in [2.45, 2.75) is 29.9 Å². The van der Waals surface area contributed by atoms with E-state index in [2.05, 4.69) is 0 Å². The van der Waals surface area contributed by atoms with Crippen molar-refractivity contribution < 1.29 is 26.3 Å². The third-order valence-corrected chi connectivity index (χ3v) is 2.35. The first kappa shape index (κ1) is 8.19. The standard InChI is InChI=1S/C6H3F6/c7-2-1-4(2,9)5(10)3(8)6(5,11)12/h3H,1H2. The molecule has 0 aromatic rings. The summed E-state index contributed by atoms with van der Waals surface area (Å²) in [5, 5.41) is 0. The van der Waals surface area contributed by atoms with E-state index in [9.17, 15) is 26.3 Å². The van der Waals surface area contributed by atoms with Crippen molar-refractivity contribution >= 4 is 0 Å². The second-order valence-electron chi connectivity index (χ2n) is 3.08. The predicted molar refractivity (Wildman–Crippen MR) is 26.5 cm³/mol. The van der Waals surface area contributed by atoms with Crippen LogP contribution in [0.2, 0.25) is 0 Å². The van der Waals surface area contributed by atoms with Gasteiger partial charge in [0, 0.05) is 6.42 Å². The molecule has 0 nitrogen and oxygen atoms in total. The molecule has 3 atom stereocenters. The quantitative estimate of drug-likeness (QED) is 0.555. The van der Waals surface area contributed by atoms with E-state index in [1.165, 1.54) is 0 Å². The Morgan fingerprint density at radius 1 is 1.17 bits per heavy atom. The maximum atomic E-state index is 12.7. The molecule has 0 bridgehead atoms. The first-order valence-corrected chi connectivity index (χ1v) is 3.20. The first-order valence-electron chi connectivity index (χ1n) is 3.20. The maximum absolute atomic E-state index is 12.7. The Morgan fingerprint density at radius 3 is 1.58 bits per heavy atom. The molecule has 0 spiro atoms. The van der Waals surface area contributed by atoms with E-state index in [4.69, 9.17) is 0 Å². The molecule has 2 fully saturated rings. The van der Waals surface area contributed by atoms with Gasteiger partial charge in [0.25, 0.3) is 5.67 Å². The molecule has 2 rings (SSSR count). The van der Waals surface area contributed by atoms with Gasteiger partial charge in [-0.2, -0.15) is 8.78 Å². The highest BCUT2D eigenvalue weighted by Crippen LogP contribution is 2.74. The number of halogens is 6. The maximum Gasteiger partial charge on any atom is 0.321 e. The molecule has 0 amide bonds. The zero-order valence-corrected chi connectivity index (χ0v) is 5.55. The second-order valence-corrected chi connectivity index (χ2v) is 3.08. The Labute approximate surface area is 63.5 Å². The van der Waals surface area contributed by atoms with Gasteiger partial charge in [-0.15, -0.1) is 0 Å². The summed E-state index contributed by atoms with van der Waals surface area (Å²) in [6, 6.07) is 0. The van der Waals surface area contributed by atoms with Gasteiger partial charge in [-0.3, -0.25) is 0 Å². The van der Waals surface area contributed by atoms with Crippen LogP contribution in [0.15, 0.2) is 0 Å². The Balaban J connectivity index is 2.27. The van der Waals surface area contributed by atoms with E-state index in [1.807, 2.05) is 0 Å². The lowest BCUT2D eigenvalue weighted by Crippen LogP contribution is -2.29. The van der Waals surface area contributed by atoms with Gasteiger partial charge in [-0.05, 0) is 0 Å². The highest BCUT2D eigenvalue weighted by Gasteiger charge is 2.98. The molecule has 69 valence electrons. The molecule has 3 unspecified atom stereocenters. The largest absolute Gasteiger partial charge is 0.321 e. The number of hydrogen-bond acceptors (Lipinski definition) is 0. The summed E-state index contributed by atoms with van der Waals surface area (Å²) < 4.78 is 73.8. The summed E-state index contributed by atoms with van der Waals surface area (Å²) in [5.41, 5.74) is -7.33. The summed E-state index contributed by atoms with van der Waals surface area (Å²) in [7, 11) is 0. The van der Waals surface area contributed by atoms with Crippen molar-refractivity contribution in [1.29, 1.82) is 0 Å². The van der Waals surface area contributed by atoms with Gasteiger partial charge in [0.15, 0.2) is 11.8 Å². The third-order valence-electron chi connectivity index (χ3n) is 2.35. The minimum absolute atomic E-state index is 1.06. The topological polar surface area (TPSA) is 0 Å². The fraction of sp³-hybridized carbons (Fsp3) is 0.833. The van der Waals surface area contributed by atoms with Gasteiger partial charge < -0.3 is 0 Å². The van der Waals surface area contributed by atoms with Gasteiger partial charge in [-0.25, -0.2) is 17.6 Å². The van der Waals surface area contributed by atoms with E-state index in [-0.39, 0.29) is 0 Å². The fourth-order valence-electron chi connectivity index (χ4n) is 1.30. The minimum atomic E-state index is -4.38. The van der Waals surface area contributed by atoms with Crippen LogP contribution in [0.1, 0.15) is 6.42 Å². The van der Waals surface area contributed by atoms with Crippen molar-refractivity contribution in [3.05, 3.63) is 6.17 Å². The summed E-state index contributed by atoms with van der Waals surface area (Å²) in [5.74, 6) is -4.38. The number of alkyl halides is 5. The summed E-state index contributed by atoms with van der Waals surface area (Å²) >= 11 is 0. The fourth-order valence-corrected chi connectivity index (χ4v) is 1.30. The highest BCUT2D eigenvalue weighted by molar-refractivity contribution is 5.44. The zero-order valence-electron chi connectivity index (χ0n) is 5.55. The van der Waals surface area contributed by atoms with Crippen molar-refractivity contribution in [3.63, 3.8) is 0 Å². The van der Waals surface area contributed by atoms with Crippen molar-refractivity contribution in [1.82, 2.24) is 0 Å². The average Bonchev–Trinajstić information content (AvgIpc) is 2.67. The van der Waals surface area contributed by atoms with Crippen LogP contribution in [-0.4, -0.2) is 23.4 Å². The van der Waals surface area contributed by atoms with Crippen LogP contribution in [0.5, 0.6) is 0 Å². The molecule has 1 radical (unpaired) electrons. The van der Waals surface area contributed by atoms with Crippen LogP contribution in [-0.2, 0) is 0 Å². The molecule has 12 heavy (non-hydrogen) atoms. The van der Waals surface area contributed by atoms with Crippen LogP contribution in [0, 0.1) is 6.17 Å². The Kier molecular flexibility index (Phi) is 1.10. The molecule has 2 saturated carbocycles. The molecule has 0 aliphatic heterocycles. The van der Waals surface area contributed by atoms with Crippen molar-refractivity contribution in [2.24, 2.45) is 0 Å².